The van der Waals surface area contributed by atoms with Crippen molar-refractivity contribution in [2.45, 2.75) is 64.1 Å². The summed E-state index contributed by atoms with van der Waals surface area (Å²) in [7, 11) is 0. The van der Waals surface area contributed by atoms with Crippen molar-refractivity contribution in [2.75, 3.05) is 6.54 Å². The van der Waals surface area contributed by atoms with Crippen molar-refractivity contribution in [1.29, 1.82) is 0 Å². The molecule has 7 nitrogen and oxygen atoms in total. The summed E-state index contributed by atoms with van der Waals surface area (Å²) in [4.78, 5) is 8.86. The first kappa shape index (κ1) is 20.9. The monoisotopic (exact) mass is 497 g/mol. The van der Waals surface area contributed by atoms with Gasteiger partial charge >= 0.3 is 0 Å². The molecule has 0 radical (unpaired) electrons. The maximum absolute atomic E-state index is 6.45. The molecule has 1 fully saturated rings. The molecule has 2 N–H and O–H groups in total. The standard InChI is InChI=1S/C20H27N5O2.HI/c1-3-21-19(22-13-18-23-14(2)25-27-18)24-16-12-20(10-6-7-11-20)26-17-9-5-4-8-15(16)17;/h4-5,8-9,16H,3,6-7,10-13H2,1-2H3,(H2,21,22,24);1H. The number of hydrogen-bond acceptors (Lipinski definition) is 5. The van der Waals surface area contributed by atoms with Crippen LogP contribution in [0.25, 0.3) is 0 Å². The summed E-state index contributed by atoms with van der Waals surface area (Å²) < 4.78 is 11.6. The van der Waals surface area contributed by atoms with Crippen molar-refractivity contribution in [1.82, 2.24) is 20.8 Å². The van der Waals surface area contributed by atoms with Crippen molar-refractivity contribution in [3.05, 3.63) is 41.5 Å². The minimum atomic E-state index is -0.0487. The lowest BCUT2D eigenvalue weighted by Gasteiger charge is -2.40. The van der Waals surface area contributed by atoms with E-state index >= 15 is 0 Å². The molecule has 152 valence electrons. The molecular weight excluding hydrogens is 469 g/mol. The van der Waals surface area contributed by atoms with Crippen molar-refractivity contribution in [3.8, 4) is 5.75 Å². The molecular formula is C20H28IN5O2. The Hall–Kier alpha value is -1.84. The number of nitrogens with one attached hydrogen (secondary N) is 2. The predicted molar refractivity (Wildman–Crippen MR) is 118 cm³/mol. The molecule has 2 aliphatic rings. The Balaban J connectivity index is 0.00000225. The van der Waals surface area contributed by atoms with Crippen LogP contribution >= 0.6 is 24.0 Å². The van der Waals surface area contributed by atoms with Crippen LogP contribution in [0.4, 0.5) is 0 Å². The van der Waals surface area contributed by atoms with Gasteiger partial charge in [-0.05, 0) is 45.6 Å². The third-order valence-corrected chi connectivity index (χ3v) is 5.31. The number of fused-ring (bicyclic) bond motifs is 1. The summed E-state index contributed by atoms with van der Waals surface area (Å²) in [6.07, 6.45) is 5.66. The van der Waals surface area contributed by atoms with Gasteiger partial charge in [-0.2, -0.15) is 4.98 Å². The number of halogens is 1. The molecule has 1 aromatic carbocycles. The summed E-state index contributed by atoms with van der Waals surface area (Å²) in [5, 5.41) is 10.8. The molecule has 2 heterocycles. The van der Waals surface area contributed by atoms with Gasteiger partial charge in [-0.1, -0.05) is 23.4 Å². The minimum Gasteiger partial charge on any atom is -0.487 e. The number of benzene rings is 1. The van der Waals surface area contributed by atoms with E-state index < -0.39 is 0 Å². The van der Waals surface area contributed by atoms with Crippen LogP contribution in [0, 0.1) is 6.92 Å². The maximum atomic E-state index is 6.45. The molecule has 0 bridgehead atoms. The SMILES string of the molecule is CCNC(=NCc1nc(C)no1)NC1CC2(CCCC2)Oc2ccccc21.I. The number of ether oxygens (including phenoxy) is 1. The molecule has 8 heteroatoms. The van der Waals surface area contributed by atoms with E-state index in [2.05, 4.69) is 50.9 Å². The molecule has 1 saturated carbocycles. The van der Waals surface area contributed by atoms with Crippen LogP contribution in [0.3, 0.4) is 0 Å². The van der Waals surface area contributed by atoms with Crippen LogP contribution in [0.5, 0.6) is 5.75 Å². The topological polar surface area (TPSA) is 84.6 Å². The van der Waals surface area contributed by atoms with E-state index in [1.54, 1.807) is 6.92 Å². The van der Waals surface area contributed by atoms with Crippen molar-refractivity contribution in [3.63, 3.8) is 0 Å². The predicted octanol–water partition coefficient (Wildman–Crippen LogP) is 3.89. The zero-order chi connectivity index (χ0) is 18.7. The molecule has 0 saturated heterocycles. The van der Waals surface area contributed by atoms with Gasteiger partial charge < -0.3 is 19.9 Å². The lowest BCUT2D eigenvalue weighted by Crippen LogP contribution is -2.46. The molecule has 28 heavy (non-hydrogen) atoms. The van der Waals surface area contributed by atoms with E-state index in [-0.39, 0.29) is 35.6 Å². The van der Waals surface area contributed by atoms with E-state index in [0.29, 0.717) is 18.3 Å². The Kier molecular flexibility index (Phi) is 6.79. The Morgan fingerprint density at radius 3 is 2.79 bits per heavy atom. The average molecular weight is 497 g/mol. The van der Waals surface area contributed by atoms with E-state index in [0.717, 1.165) is 37.5 Å². The third-order valence-electron chi connectivity index (χ3n) is 5.31. The zero-order valence-electron chi connectivity index (χ0n) is 16.4. The fourth-order valence-electron chi connectivity index (χ4n) is 4.11. The molecule has 1 aromatic heterocycles. The van der Waals surface area contributed by atoms with Crippen LogP contribution in [0.1, 0.15) is 62.3 Å². The highest BCUT2D eigenvalue weighted by Crippen LogP contribution is 2.46. The quantitative estimate of drug-likeness (QED) is 0.379. The highest BCUT2D eigenvalue weighted by Gasteiger charge is 2.43. The second kappa shape index (κ2) is 9.11. The summed E-state index contributed by atoms with van der Waals surface area (Å²) in [5.41, 5.74) is 1.14. The van der Waals surface area contributed by atoms with E-state index in [1.165, 1.54) is 18.4 Å². The van der Waals surface area contributed by atoms with Gasteiger partial charge in [-0.15, -0.1) is 24.0 Å². The van der Waals surface area contributed by atoms with Crippen LogP contribution in [0.2, 0.25) is 0 Å². The fourth-order valence-corrected chi connectivity index (χ4v) is 4.11. The first-order valence-corrected chi connectivity index (χ1v) is 9.79. The largest absolute Gasteiger partial charge is 0.487 e. The smallest absolute Gasteiger partial charge is 0.248 e. The molecule has 2 aromatic rings. The van der Waals surface area contributed by atoms with Crippen molar-refractivity contribution >= 4 is 29.9 Å². The Labute approximate surface area is 182 Å². The number of aromatic nitrogens is 2. The van der Waals surface area contributed by atoms with Crippen LogP contribution in [-0.4, -0.2) is 28.2 Å². The van der Waals surface area contributed by atoms with Gasteiger partial charge in [0.1, 0.15) is 17.9 Å². The lowest BCUT2D eigenvalue weighted by molar-refractivity contribution is 0.0396. The van der Waals surface area contributed by atoms with Crippen LogP contribution in [0.15, 0.2) is 33.8 Å². The van der Waals surface area contributed by atoms with Gasteiger partial charge in [0.15, 0.2) is 11.8 Å². The zero-order valence-corrected chi connectivity index (χ0v) is 18.7. The molecule has 1 aliphatic carbocycles. The normalized spacial score (nSPS) is 20.2. The molecule has 1 aliphatic heterocycles. The van der Waals surface area contributed by atoms with Crippen molar-refractivity contribution in [2.24, 2.45) is 4.99 Å². The Morgan fingerprint density at radius 1 is 1.29 bits per heavy atom. The number of rotatable bonds is 4. The molecule has 0 amide bonds. The first-order valence-electron chi connectivity index (χ1n) is 9.79. The number of guanidine groups is 1. The first-order chi connectivity index (χ1) is 13.2. The highest BCUT2D eigenvalue weighted by molar-refractivity contribution is 14.0. The molecule has 1 unspecified atom stereocenters. The van der Waals surface area contributed by atoms with Gasteiger partial charge in [0.25, 0.3) is 0 Å². The van der Waals surface area contributed by atoms with Gasteiger partial charge in [0.2, 0.25) is 5.89 Å². The van der Waals surface area contributed by atoms with Gasteiger partial charge in [-0.25, -0.2) is 4.99 Å². The number of hydrogen-bond donors (Lipinski definition) is 2. The van der Waals surface area contributed by atoms with E-state index in [4.69, 9.17) is 9.26 Å². The van der Waals surface area contributed by atoms with Crippen LogP contribution in [-0.2, 0) is 6.54 Å². The summed E-state index contributed by atoms with van der Waals surface area (Å²) in [6.45, 7) is 5.00. The van der Waals surface area contributed by atoms with E-state index in [9.17, 15) is 0 Å². The van der Waals surface area contributed by atoms with Gasteiger partial charge in [-0.3, -0.25) is 0 Å². The number of nitrogens with zero attached hydrogens (tertiary/aromatic N) is 3. The third kappa shape index (κ3) is 4.59. The maximum Gasteiger partial charge on any atom is 0.248 e. The number of aryl methyl sites for hydroxylation is 1. The molecule has 1 atom stereocenters. The number of aliphatic imine (C=N–C) groups is 1. The molecule has 4 rings (SSSR count). The Bertz CT molecular complexity index is 816. The second-order valence-corrected chi connectivity index (χ2v) is 7.36. The average Bonchev–Trinajstić information content (AvgIpc) is 3.29. The van der Waals surface area contributed by atoms with E-state index in [1.807, 2.05) is 6.07 Å². The Morgan fingerprint density at radius 2 is 2.07 bits per heavy atom. The molecule has 1 spiro atoms. The van der Waals surface area contributed by atoms with Crippen molar-refractivity contribution < 1.29 is 9.26 Å². The minimum absolute atomic E-state index is 0. The summed E-state index contributed by atoms with van der Waals surface area (Å²) in [5.74, 6) is 2.89. The number of para-hydroxylation sites is 1. The summed E-state index contributed by atoms with van der Waals surface area (Å²) in [6, 6.07) is 8.49. The van der Waals surface area contributed by atoms with Crippen LogP contribution < -0.4 is 15.4 Å². The lowest BCUT2D eigenvalue weighted by atomic mass is 9.86. The second-order valence-electron chi connectivity index (χ2n) is 7.36. The van der Waals surface area contributed by atoms with Gasteiger partial charge in [0, 0.05) is 18.5 Å². The van der Waals surface area contributed by atoms with Gasteiger partial charge in [0.05, 0.1) is 6.04 Å². The fraction of sp³-hybridized carbons (Fsp3) is 0.550. The summed E-state index contributed by atoms with van der Waals surface area (Å²) >= 11 is 0. The highest BCUT2D eigenvalue weighted by atomic mass is 127.